The van der Waals surface area contributed by atoms with E-state index in [0.29, 0.717) is 11.8 Å². The number of fused-ring (bicyclic) bond motifs is 16. The van der Waals surface area contributed by atoms with Crippen molar-refractivity contribution in [2.24, 2.45) is 0 Å². The van der Waals surface area contributed by atoms with E-state index in [0.717, 1.165) is 0 Å². The number of aryl methyl sites for hydroxylation is 1. The van der Waals surface area contributed by atoms with Gasteiger partial charge >= 0.3 is 0 Å². The van der Waals surface area contributed by atoms with Crippen LogP contribution in [0.1, 0.15) is 56.2 Å². The first-order valence-electron chi connectivity index (χ1n) is 25.7. The molecule has 0 N–H and O–H groups in total. The second-order valence-corrected chi connectivity index (χ2v) is 21.8. The lowest BCUT2D eigenvalue weighted by atomic mass is 9.87. The van der Waals surface area contributed by atoms with E-state index in [1.807, 2.05) is 0 Å². The molecule has 330 valence electrons. The Hall–Kier alpha value is -8.32. The van der Waals surface area contributed by atoms with E-state index in [1.165, 1.54) is 190 Å². The van der Waals surface area contributed by atoms with Gasteiger partial charge in [0.25, 0.3) is 0 Å². The quantitative estimate of drug-likeness (QED) is 0.122. The van der Waals surface area contributed by atoms with Gasteiger partial charge in [0.15, 0.2) is 0 Å². The van der Waals surface area contributed by atoms with Gasteiger partial charge in [-0.15, -0.1) is 0 Å². The van der Waals surface area contributed by atoms with Crippen LogP contribution >= 0.6 is 0 Å². The molecule has 0 atom stereocenters. The van der Waals surface area contributed by atoms with Crippen molar-refractivity contribution in [2.75, 3.05) is 0 Å². The Kier molecular flexibility index (Phi) is 7.11. The van der Waals surface area contributed by atoms with E-state index in [2.05, 4.69) is 211 Å². The molecule has 0 heteroatoms. The zero-order chi connectivity index (χ0) is 46.9. The number of hydrogen-bond acceptors (Lipinski definition) is 0. The van der Waals surface area contributed by atoms with Crippen LogP contribution in [0.2, 0.25) is 0 Å². The number of rotatable bonds is 4. The monoisotopic (exact) mass is 898 g/mol. The van der Waals surface area contributed by atoms with E-state index in [1.54, 1.807) is 0 Å². The molecule has 0 spiro atoms. The van der Waals surface area contributed by atoms with Gasteiger partial charge in [-0.2, -0.15) is 0 Å². The minimum absolute atomic E-state index is 0.446. The highest BCUT2D eigenvalue weighted by atomic mass is 14.3. The second kappa shape index (κ2) is 13.1. The highest BCUT2D eigenvalue weighted by molar-refractivity contribution is 6.54. The molecule has 0 radical (unpaired) electrons. The van der Waals surface area contributed by atoms with Crippen molar-refractivity contribution in [3.63, 3.8) is 0 Å². The van der Waals surface area contributed by atoms with Crippen molar-refractivity contribution in [1.29, 1.82) is 0 Å². The summed E-state index contributed by atoms with van der Waals surface area (Å²) in [5.41, 5.74) is 9.33. The van der Waals surface area contributed by atoms with Crippen LogP contribution in [0.4, 0.5) is 0 Å². The minimum atomic E-state index is 0.446. The van der Waals surface area contributed by atoms with Gasteiger partial charge in [-0.25, -0.2) is 0 Å². The van der Waals surface area contributed by atoms with Gasteiger partial charge in [0.05, 0.1) is 0 Å². The fourth-order valence-electron chi connectivity index (χ4n) is 14.6. The van der Waals surface area contributed by atoms with Gasteiger partial charge in [-0.3, -0.25) is 0 Å². The number of benzene rings is 13. The molecule has 0 aliphatic carbocycles. The van der Waals surface area contributed by atoms with Gasteiger partial charge in [0.1, 0.15) is 0 Å². The molecular formula is C71H46. The van der Waals surface area contributed by atoms with Crippen LogP contribution in [0.5, 0.6) is 0 Å². The maximum absolute atomic E-state index is 2.50. The smallest absolute Gasteiger partial charge is 0.000696 e. The standard InChI is InChI=1S/C71H46/c1-35(2)38-18-20-40(21-19-38)59-57-33-37(5)32-56-55-34-41(36(3)4)22-23-49(55)67(65(56)57)71-54-31-27-48-45-24-28-51-63-53(30-26-47(60(45)63)46-25-29-52(69(59)71)64(54)61(46)48)70-66-44-15-10-9-14-42(44)43-16-11-17-50(62(43)66)58(68(51)70)39-12-7-6-8-13-39/h6-36H,1-5H3. The number of hydrogen-bond donors (Lipinski definition) is 0. The Labute approximate surface area is 410 Å². The minimum Gasteiger partial charge on any atom is -0.0622 e. The van der Waals surface area contributed by atoms with E-state index in [9.17, 15) is 0 Å². The van der Waals surface area contributed by atoms with Crippen molar-refractivity contribution in [3.05, 3.63) is 193 Å². The molecule has 0 bridgehead atoms. The third kappa shape index (κ3) is 4.55. The maximum Gasteiger partial charge on any atom is -0.000696 e. The third-order valence-electron chi connectivity index (χ3n) is 17.5. The van der Waals surface area contributed by atoms with Gasteiger partial charge < -0.3 is 0 Å². The first kappa shape index (κ1) is 38.5. The maximum atomic E-state index is 2.50. The predicted octanol–water partition coefficient (Wildman–Crippen LogP) is 20.9. The van der Waals surface area contributed by atoms with Gasteiger partial charge in [0.2, 0.25) is 0 Å². The lowest BCUT2D eigenvalue weighted by molar-refractivity contribution is 0.867. The first-order valence-corrected chi connectivity index (χ1v) is 25.7. The van der Waals surface area contributed by atoms with Crippen LogP contribution < -0.4 is 0 Å². The molecule has 0 aliphatic heterocycles. The SMILES string of the molecule is Cc1cc2c(-c3ccc(C(C)C)cc3)c3c4ccc5c6ccc7c8c(ccc(c9ccc(c4c59)c3c3c4ccc(C(C)C)cc4c(c1)c23)c68)c1c(-c2ccccc2)c2cccc3c4ccccc4c(c23)c71. The zero-order valence-corrected chi connectivity index (χ0v) is 40.4. The summed E-state index contributed by atoms with van der Waals surface area (Å²) in [6.07, 6.45) is 0. The zero-order valence-electron chi connectivity index (χ0n) is 40.4. The summed E-state index contributed by atoms with van der Waals surface area (Å²) in [4.78, 5) is 0. The highest BCUT2D eigenvalue weighted by Gasteiger charge is 2.30. The highest BCUT2D eigenvalue weighted by Crippen LogP contribution is 2.58. The Morgan fingerprint density at radius 1 is 0.225 bits per heavy atom. The molecule has 0 heterocycles. The van der Waals surface area contributed by atoms with Crippen molar-refractivity contribution in [3.8, 4) is 22.3 Å². The molecule has 17 aromatic carbocycles. The lowest BCUT2D eigenvalue weighted by Crippen LogP contribution is -1.89. The summed E-state index contributed by atoms with van der Waals surface area (Å²) in [6.45, 7) is 11.5. The summed E-state index contributed by atoms with van der Waals surface area (Å²) in [5.74, 6) is 0.911. The molecule has 0 saturated heterocycles. The van der Waals surface area contributed by atoms with E-state index >= 15 is 0 Å². The summed E-state index contributed by atoms with van der Waals surface area (Å²) < 4.78 is 0. The lowest BCUT2D eigenvalue weighted by Gasteiger charge is -2.15. The Bertz CT molecular complexity index is 5110. The van der Waals surface area contributed by atoms with Crippen LogP contribution in [0.25, 0.3) is 173 Å². The molecule has 0 nitrogen and oxygen atoms in total. The average molecular weight is 899 g/mol. The Morgan fingerprint density at radius 3 is 1.20 bits per heavy atom. The molecule has 0 amide bonds. The van der Waals surface area contributed by atoms with Crippen molar-refractivity contribution in [1.82, 2.24) is 0 Å². The van der Waals surface area contributed by atoms with Crippen LogP contribution in [0, 0.1) is 6.92 Å². The molecule has 0 saturated carbocycles. The molecule has 0 unspecified atom stereocenters. The average Bonchev–Trinajstić information content (AvgIpc) is 4.14. The van der Waals surface area contributed by atoms with Crippen LogP contribution in [0.3, 0.4) is 0 Å². The summed E-state index contributed by atoms with van der Waals surface area (Å²) >= 11 is 0. The largest absolute Gasteiger partial charge is 0.0622 e. The van der Waals surface area contributed by atoms with Crippen molar-refractivity contribution < 1.29 is 0 Å². The first-order chi connectivity index (χ1) is 34.8. The van der Waals surface area contributed by atoms with E-state index in [-0.39, 0.29) is 0 Å². The van der Waals surface area contributed by atoms with E-state index in [4.69, 9.17) is 0 Å². The van der Waals surface area contributed by atoms with Crippen LogP contribution in [-0.2, 0) is 0 Å². The molecular weight excluding hydrogens is 853 g/mol. The normalized spacial score (nSPS) is 13.1. The summed E-state index contributed by atoms with van der Waals surface area (Å²) in [5, 5.41) is 38.3. The topological polar surface area (TPSA) is 0 Å². The van der Waals surface area contributed by atoms with Crippen LogP contribution in [-0.4, -0.2) is 0 Å². The molecule has 17 rings (SSSR count). The van der Waals surface area contributed by atoms with E-state index < -0.39 is 0 Å². The van der Waals surface area contributed by atoms with Gasteiger partial charge in [-0.05, 0) is 209 Å². The fraction of sp³-hybridized carbons (Fsp3) is 0.0986. The molecule has 0 fully saturated rings. The summed E-state index contributed by atoms with van der Waals surface area (Å²) in [6, 6.07) is 68.9. The molecule has 0 aromatic heterocycles. The van der Waals surface area contributed by atoms with Crippen molar-refractivity contribution >= 4 is 151 Å². The van der Waals surface area contributed by atoms with Gasteiger partial charge in [-0.1, -0.05) is 204 Å². The molecule has 17 aromatic rings. The molecule has 0 aliphatic rings. The third-order valence-corrected chi connectivity index (χ3v) is 17.5. The van der Waals surface area contributed by atoms with Crippen LogP contribution in [0.15, 0.2) is 176 Å². The Morgan fingerprint density at radius 2 is 0.592 bits per heavy atom. The fourth-order valence-corrected chi connectivity index (χ4v) is 14.6. The predicted molar refractivity (Wildman–Crippen MR) is 311 cm³/mol. The molecule has 71 heavy (non-hydrogen) atoms. The van der Waals surface area contributed by atoms with Crippen molar-refractivity contribution in [2.45, 2.75) is 46.5 Å². The summed E-state index contributed by atoms with van der Waals surface area (Å²) in [7, 11) is 0. The van der Waals surface area contributed by atoms with Gasteiger partial charge in [0, 0.05) is 0 Å². The second-order valence-electron chi connectivity index (χ2n) is 21.8. The Balaban J connectivity index is 1.07.